The molecule has 0 bridgehead atoms. The largest absolute Gasteiger partial charge is 0.397 e. The number of rotatable bonds is 3. The third-order valence-electron chi connectivity index (χ3n) is 1.97. The molecule has 0 aliphatic rings. The summed E-state index contributed by atoms with van der Waals surface area (Å²) in [6, 6.07) is 7.00. The van der Waals surface area contributed by atoms with Gasteiger partial charge in [0.1, 0.15) is 0 Å². The predicted octanol–water partition coefficient (Wildman–Crippen LogP) is 1.94. The molecule has 0 aliphatic carbocycles. The van der Waals surface area contributed by atoms with Gasteiger partial charge in [0, 0.05) is 11.8 Å². The maximum Gasteiger partial charge on any atom is 0.312 e. The molecule has 0 saturated carbocycles. The van der Waals surface area contributed by atoms with Crippen molar-refractivity contribution >= 4 is 5.70 Å². The van der Waals surface area contributed by atoms with Crippen LogP contribution in [0.3, 0.4) is 0 Å². The van der Waals surface area contributed by atoms with Crippen LogP contribution in [0.15, 0.2) is 24.4 Å². The number of halogens is 2. The number of alkyl halides is 2. The molecular formula is C11H11F2N3. The lowest BCUT2D eigenvalue weighted by Gasteiger charge is -2.06. The second kappa shape index (κ2) is 5.12. The molecule has 0 unspecified atom stereocenters. The molecule has 0 amide bonds. The van der Waals surface area contributed by atoms with Crippen LogP contribution in [0.25, 0.3) is 5.70 Å². The normalized spacial score (nSPS) is 11.3. The topological polar surface area (TPSA) is 61.8 Å². The van der Waals surface area contributed by atoms with Gasteiger partial charge in [-0.25, -0.2) is 0 Å². The first-order valence-corrected chi connectivity index (χ1v) is 4.55. The highest BCUT2D eigenvalue weighted by atomic mass is 19.3. The van der Waals surface area contributed by atoms with Crippen molar-refractivity contribution in [1.82, 2.24) is 5.32 Å². The molecule has 0 radical (unpaired) electrons. The monoisotopic (exact) mass is 223 g/mol. The maximum absolute atomic E-state index is 11.9. The molecule has 16 heavy (non-hydrogen) atoms. The van der Waals surface area contributed by atoms with Crippen LogP contribution in [-0.2, 0) is 0 Å². The molecule has 0 saturated heterocycles. The molecule has 0 aliphatic heterocycles. The molecule has 3 nitrogen and oxygen atoms in total. The highest BCUT2D eigenvalue weighted by Crippen LogP contribution is 2.16. The van der Waals surface area contributed by atoms with E-state index in [1.54, 1.807) is 23.5 Å². The van der Waals surface area contributed by atoms with E-state index >= 15 is 0 Å². The molecule has 84 valence electrons. The second-order valence-corrected chi connectivity index (χ2v) is 3.23. The fraction of sp³-hybridized carbons (Fsp3) is 0.182. The van der Waals surface area contributed by atoms with Crippen LogP contribution < -0.4 is 11.1 Å². The minimum absolute atomic E-state index is 0.112. The van der Waals surface area contributed by atoms with Crippen LogP contribution in [0.4, 0.5) is 8.78 Å². The Kier molecular flexibility index (Phi) is 3.84. The fourth-order valence-corrected chi connectivity index (χ4v) is 1.22. The lowest BCUT2D eigenvalue weighted by Crippen LogP contribution is -2.15. The van der Waals surface area contributed by atoms with E-state index in [4.69, 9.17) is 11.0 Å². The Hall–Kier alpha value is -2.09. The quantitative estimate of drug-likeness (QED) is 0.770. The third-order valence-corrected chi connectivity index (χ3v) is 1.97. The van der Waals surface area contributed by atoms with Crippen LogP contribution >= 0.6 is 0 Å². The van der Waals surface area contributed by atoms with Crippen LogP contribution in [-0.4, -0.2) is 6.55 Å². The van der Waals surface area contributed by atoms with E-state index in [0.29, 0.717) is 11.1 Å². The van der Waals surface area contributed by atoms with Gasteiger partial charge in [-0.05, 0) is 19.1 Å². The third kappa shape index (κ3) is 2.95. The molecule has 1 aromatic rings. The average Bonchev–Trinajstić information content (AvgIpc) is 2.25. The summed E-state index contributed by atoms with van der Waals surface area (Å²) in [7, 11) is 0. The SMILES string of the molecule is Cc1ccc(C#N)c(/C(N)=C/NC(F)F)c1. The van der Waals surface area contributed by atoms with Crippen molar-refractivity contribution in [1.29, 1.82) is 5.26 Å². The Balaban J connectivity index is 3.07. The van der Waals surface area contributed by atoms with Gasteiger partial charge in [0.25, 0.3) is 0 Å². The first kappa shape index (κ1) is 12.0. The molecule has 0 heterocycles. The van der Waals surface area contributed by atoms with E-state index in [9.17, 15) is 8.78 Å². The van der Waals surface area contributed by atoms with Crippen molar-refractivity contribution in [3.05, 3.63) is 41.1 Å². The van der Waals surface area contributed by atoms with E-state index in [0.717, 1.165) is 11.8 Å². The zero-order valence-corrected chi connectivity index (χ0v) is 8.67. The first-order valence-electron chi connectivity index (χ1n) is 4.55. The first-order chi connectivity index (χ1) is 7.54. The predicted molar refractivity (Wildman–Crippen MR) is 57.2 cm³/mol. The molecule has 5 heteroatoms. The minimum atomic E-state index is -2.67. The van der Waals surface area contributed by atoms with Gasteiger partial charge in [-0.1, -0.05) is 11.6 Å². The molecule has 1 rings (SSSR count). The number of aryl methyl sites for hydroxylation is 1. The zero-order valence-electron chi connectivity index (χ0n) is 8.67. The van der Waals surface area contributed by atoms with Crippen molar-refractivity contribution in [2.75, 3.05) is 0 Å². The number of nitrogens with two attached hydrogens (primary N) is 1. The Morgan fingerprint density at radius 1 is 1.56 bits per heavy atom. The van der Waals surface area contributed by atoms with Gasteiger partial charge in [0.05, 0.1) is 17.3 Å². The van der Waals surface area contributed by atoms with Crippen LogP contribution in [0.5, 0.6) is 0 Å². The number of hydrogen-bond acceptors (Lipinski definition) is 3. The van der Waals surface area contributed by atoms with Crippen LogP contribution in [0.1, 0.15) is 16.7 Å². The van der Waals surface area contributed by atoms with Gasteiger partial charge in [-0.2, -0.15) is 14.0 Å². The summed E-state index contributed by atoms with van der Waals surface area (Å²) < 4.78 is 23.8. The average molecular weight is 223 g/mol. The second-order valence-electron chi connectivity index (χ2n) is 3.23. The Morgan fingerprint density at radius 2 is 2.25 bits per heavy atom. The Labute approximate surface area is 92.2 Å². The number of hydrogen-bond donors (Lipinski definition) is 2. The number of nitriles is 1. The van der Waals surface area contributed by atoms with Crippen molar-refractivity contribution in [2.45, 2.75) is 13.5 Å². The smallest absolute Gasteiger partial charge is 0.312 e. The van der Waals surface area contributed by atoms with Crippen LogP contribution in [0.2, 0.25) is 0 Å². The Bertz CT molecular complexity index is 447. The van der Waals surface area contributed by atoms with Gasteiger partial charge >= 0.3 is 6.55 Å². The summed E-state index contributed by atoms with van der Waals surface area (Å²) in [6.07, 6.45) is 1.00. The van der Waals surface area contributed by atoms with Crippen molar-refractivity contribution in [2.24, 2.45) is 5.73 Å². The van der Waals surface area contributed by atoms with E-state index < -0.39 is 6.55 Å². The molecule has 0 aromatic heterocycles. The van der Waals surface area contributed by atoms with Crippen molar-refractivity contribution in [3.63, 3.8) is 0 Å². The summed E-state index contributed by atoms with van der Waals surface area (Å²) >= 11 is 0. The van der Waals surface area contributed by atoms with E-state index in [1.807, 2.05) is 13.0 Å². The summed E-state index contributed by atoms with van der Waals surface area (Å²) in [5.41, 5.74) is 7.43. The zero-order chi connectivity index (χ0) is 12.1. The lowest BCUT2D eigenvalue weighted by atomic mass is 10.0. The number of benzene rings is 1. The highest BCUT2D eigenvalue weighted by Gasteiger charge is 2.05. The van der Waals surface area contributed by atoms with Gasteiger partial charge in [-0.3, -0.25) is 0 Å². The molecule has 3 N–H and O–H groups in total. The summed E-state index contributed by atoms with van der Waals surface area (Å²) in [5, 5.41) is 10.6. The van der Waals surface area contributed by atoms with Gasteiger partial charge in [-0.15, -0.1) is 0 Å². The lowest BCUT2D eigenvalue weighted by molar-refractivity contribution is 0.125. The minimum Gasteiger partial charge on any atom is -0.397 e. The highest BCUT2D eigenvalue weighted by molar-refractivity contribution is 5.68. The van der Waals surface area contributed by atoms with E-state index in [2.05, 4.69) is 0 Å². The fourth-order valence-electron chi connectivity index (χ4n) is 1.22. The molecule has 0 atom stereocenters. The molecule has 0 fully saturated rings. The summed E-state index contributed by atoms with van der Waals surface area (Å²) in [6.45, 7) is -0.840. The van der Waals surface area contributed by atoms with Gasteiger partial charge in [0.2, 0.25) is 0 Å². The summed E-state index contributed by atoms with van der Waals surface area (Å²) in [5.74, 6) is 0. The van der Waals surface area contributed by atoms with Crippen molar-refractivity contribution in [3.8, 4) is 6.07 Å². The van der Waals surface area contributed by atoms with Gasteiger partial charge in [0.15, 0.2) is 0 Å². The van der Waals surface area contributed by atoms with Crippen LogP contribution in [0, 0.1) is 18.3 Å². The summed E-state index contributed by atoms with van der Waals surface area (Å²) in [4.78, 5) is 0. The van der Waals surface area contributed by atoms with E-state index in [-0.39, 0.29) is 5.70 Å². The van der Waals surface area contributed by atoms with Gasteiger partial charge < -0.3 is 11.1 Å². The number of nitrogens with one attached hydrogen (secondary N) is 1. The standard InChI is InChI=1S/C11H11F2N3/c1-7-2-3-8(5-14)9(4-7)10(15)6-16-11(12)13/h2-4,6,11,16H,15H2,1H3/b10-6-. The molecule has 0 spiro atoms. The van der Waals surface area contributed by atoms with E-state index in [1.165, 1.54) is 0 Å². The maximum atomic E-state index is 11.9. The Morgan fingerprint density at radius 3 is 2.81 bits per heavy atom. The molecule has 1 aromatic carbocycles. The molecular weight excluding hydrogens is 212 g/mol. The number of nitrogens with zero attached hydrogens (tertiary/aromatic N) is 1. The van der Waals surface area contributed by atoms with Crippen molar-refractivity contribution < 1.29 is 8.78 Å².